The van der Waals surface area contributed by atoms with Gasteiger partial charge in [-0.3, -0.25) is 4.79 Å². The fourth-order valence-electron chi connectivity index (χ4n) is 3.15. The predicted molar refractivity (Wildman–Crippen MR) is 74.7 cm³/mol. The molecule has 1 amide bonds. The van der Waals surface area contributed by atoms with Gasteiger partial charge in [0.05, 0.1) is 10.9 Å². The van der Waals surface area contributed by atoms with Crippen molar-refractivity contribution in [1.82, 2.24) is 4.90 Å². The van der Waals surface area contributed by atoms with Crippen LogP contribution in [0.3, 0.4) is 0 Å². The van der Waals surface area contributed by atoms with Crippen molar-refractivity contribution in [2.24, 2.45) is 17.8 Å². The molecule has 4 heteroatoms. The summed E-state index contributed by atoms with van der Waals surface area (Å²) in [6.45, 7) is 3.57. The Bertz CT molecular complexity index is 448. The van der Waals surface area contributed by atoms with Gasteiger partial charge >= 0.3 is 0 Å². The summed E-state index contributed by atoms with van der Waals surface area (Å²) in [5.41, 5.74) is 0. The monoisotopic (exact) mass is 283 g/mol. The summed E-state index contributed by atoms with van der Waals surface area (Å²) >= 11 is 7.51. The second-order valence-corrected chi connectivity index (χ2v) is 7.28. The Hall–Kier alpha value is -0.540. The molecule has 2 saturated carbocycles. The number of thiophene rings is 1. The molecule has 0 N–H and O–H groups in total. The highest BCUT2D eigenvalue weighted by Gasteiger charge is 2.48. The van der Waals surface area contributed by atoms with Gasteiger partial charge in [0.1, 0.15) is 0 Å². The zero-order chi connectivity index (χ0) is 12.7. The van der Waals surface area contributed by atoms with Gasteiger partial charge in [-0.25, -0.2) is 0 Å². The fraction of sp³-hybridized carbons (Fsp3) is 0.643. The van der Waals surface area contributed by atoms with E-state index in [-0.39, 0.29) is 0 Å². The summed E-state index contributed by atoms with van der Waals surface area (Å²) in [6, 6.07) is 3.93. The van der Waals surface area contributed by atoms with Crippen LogP contribution in [-0.2, 0) is 11.3 Å². The number of halogens is 1. The SMILES string of the molecule is CCN(Cc1ccc(Cl)s1)C(=O)C1CC2CC2C1. The van der Waals surface area contributed by atoms with E-state index in [2.05, 4.69) is 6.92 Å². The van der Waals surface area contributed by atoms with Crippen molar-refractivity contribution in [1.29, 1.82) is 0 Å². The number of carbonyl (C=O) groups excluding carboxylic acids is 1. The lowest BCUT2D eigenvalue weighted by Gasteiger charge is -2.24. The molecule has 0 bridgehead atoms. The third-order valence-electron chi connectivity index (χ3n) is 4.26. The van der Waals surface area contributed by atoms with Gasteiger partial charge in [0.2, 0.25) is 5.91 Å². The minimum Gasteiger partial charge on any atom is -0.338 e. The number of hydrogen-bond donors (Lipinski definition) is 0. The van der Waals surface area contributed by atoms with Crippen LogP contribution in [0.5, 0.6) is 0 Å². The molecule has 0 saturated heterocycles. The highest BCUT2D eigenvalue weighted by molar-refractivity contribution is 7.16. The first kappa shape index (κ1) is 12.5. The van der Waals surface area contributed by atoms with Gasteiger partial charge in [0.25, 0.3) is 0 Å². The Kier molecular flexibility index (Phi) is 3.37. The summed E-state index contributed by atoms with van der Waals surface area (Å²) in [7, 11) is 0. The van der Waals surface area contributed by atoms with Crippen LogP contribution in [-0.4, -0.2) is 17.4 Å². The maximum Gasteiger partial charge on any atom is 0.226 e. The Balaban J connectivity index is 1.62. The number of fused-ring (bicyclic) bond motifs is 1. The second kappa shape index (κ2) is 4.86. The van der Waals surface area contributed by atoms with Gasteiger partial charge in [-0.2, -0.15) is 0 Å². The molecule has 1 heterocycles. The largest absolute Gasteiger partial charge is 0.338 e. The molecule has 18 heavy (non-hydrogen) atoms. The molecule has 2 atom stereocenters. The Morgan fingerprint density at radius 2 is 2.11 bits per heavy atom. The zero-order valence-corrected chi connectivity index (χ0v) is 12.1. The van der Waals surface area contributed by atoms with E-state index in [0.717, 1.165) is 42.1 Å². The number of hydrogen-bond acceptors (Lipinski definition) is 2. The van der Waals surface area contributed by atoms with Crippen LogP contribution in [0.25, 0.3) is 0 Å². The molecule has 0 radical (unpaired) electrons. The van der Waals surface area contributed by atoms with E-state index in [4.69, 9.17) is 11.6 Å². The number of rotatable bonds is 4. The molecule has 2 fully saturated rings. The summed E-state index contributed by atoms with van der Waals surface area (Å²) in [6.07, 6.45) is 3.63. The zero-order valence-electron chi connectivity index (χ0n) is 10.6. The molecule has 0 aliphatic heterocycles. The summed E-state index contributed by atoms with van der Waals surface area (Å²) in [5.74, 6) is 2.39. The van der Waals surface area contributed by atoms with Crippen LogP contribution in [0.4, 0.5) is 0 Å². The highest BCUT2D eigenvalue weighted by atomic mass is 35.5. The van der Waals surface area contributed by atoms with Crippen LogP contribution in [0.1, 0.15) is 31.1 Å². The molecular formula is C14H18ClNOS. The van der Waals surface area contributed by atoms with Crippen LogP contribution >= 0.6 is 22.9 Å². The van der Waals surface area contributed by atoms with Crippen LogP contribution in [0, 0.1) is 17.8 Å². The first-order chi connectivity index (χ1) is 8.67. The molecule has 2 unspecified atom stereocenters. The van der Waals surface area contributed by atoms with Gasteiger partial charge in [0.15, 0.2) is 0 Å². The average Bonchev–Trinajstić information content (AvgIpc) is 2.78. The summed E-state index contributed by atoms with van der Waals surface area (Å²) in [4.78, 5) is 15.6. The standard InChI is InChI=1S/C14H18ClNOS/c1-2-16(8-12-3-4-13(15)18-12)14(17)11-6-9-5-10(9)7-11/h3-4,9-11H,2,5-8H2,1H3. The van der Waals surface area contributed by atoms with Crippen molar-refractivity contribution in [2.75, 3.05) is 6.54 Å². The smallest absolute Gasteiger partial charge is 0.226 e. The van der Waals surface area contributed by atoms with Gasteiger partial charge in [-0.05, 0) is 50.2 Å². The topological polar surface area (TPSA) is 20.3 Å². The van der Waals surface area contributed by atoms with Crippen molar-refractivity contribution in [2.45, 2.75) is 32.7 Å². The van der Waals surface area contributed by atoms with E-state index in [1.807, 2.05) is 17.0 Å². The molecule has 2 aliphatic carbocycles. The van der Waals surface area contributed by atoms with Crippen LogP contribution in [0.2, 0.25) is 4.34 Å². The maximum absolute atomic E-state index is 12.5. The lowest BCUT2D eigenvalue weighted by molar-refractivity contribution is -0.136. The summed E-state index contributed by atoms with van der Waals surface area (Å²) in [5, 5.41) is 0. The Labute approximate surface area is 117 Å². The normalized spacial score (nSPS) is 29.1. The van der Waals surface area contributed by atoms with Gasteiger partial charge in [-0.15, -0.1) is 11.3 Å². The van der Waals surface area contributed by atoms with E-state index in [1.54, 1.807) is 11.3 Å². The number of carbonyl (C=O) groups is 1. The van der Waals surface area contributed by atoms with Gasteiger partial charge in [-0.1, -0.05) is 11.6 Å². The van der Waals surface area contributed by atoms with Gasteiger partial charge in [0, 0.05) is 17.3 Å². The molecule has 3 rings (SSSR count). The van der Waals surface area contributed by atoms with Crippen LogP contribution in [0.15, 0.2) is 12.1 Å². The molecular weight excluding hydrogens is 266 g/mol. The second-order valence-electron chi connectivity index (χ2n) is 5.48. The summed E-state index contributed by atoms with van der Waals surface area (Å²) < 4.78 is 0.801. The molecule has 1 aromatic rings. The third-order valence-corrected chi connectivity index (χ3v) is 5.48. The highest BCUT2D eigenvalue weighted by Crippen LogP contribution is 2.54. The van der Waals surface area contributed by atoms with Crippen molar-refractivity contribution in [3.63, 3.8) is 0 Å². The molecule has 0 aromatic carbocycles. The van der Waals surface area contributed by atoms with Crippen molar-refractivity contribution < 1.29 is 4.79 Å². The Morgan fingerprint density at radius 1 is 1.39 bits per heavy atom. The van der Waals surface area contributed by atoms with Crippen LogP contribution < -0.4 is 0 Å². The minimum atomic E-state index is 0.295. The third kappa shape index (κ3) is 2.43. The number of nitrogens with zero attached hydrogens (tertiary/aromatic N) is 1. The molecule has 0 spiro atoms. The van der Waals surface area contributed by atoms with E-state index < -0.39 is 0 Å². The van der Waals surface area contributed by atoms with E-state index >= 15 is 0 Å². The first-order valence-electron chi connectivity index (χ1n) is 6.70. The van der Waals surface area contributed by atoms with E-state index in [9.17, 15) is 4.79 Å². The predicted octanol–water partition coefficient (Wildman–Crippen LogP) is 3.80. The van der Waals surface area contributed by atoms with Crippen molar-refractivity contribution in [3.05, 3.63) is 21.3 Å². The lowest BCUT2D eigenvalue weighted by Crippen LogP contribution is -2.34. The van der Waals surface area contributed by atoms with E-state index in [0.29, 0.717) is 11.8 Å². The van der Waals surface area contributed by atoms with Crippen molar-refractivity contribution >= 4 is 28.8 Å². The van der Waals surface area contributed by atoms with Crippen molar-refractivity contribution in [3.8, 4) is 0 Å². The quantitative estimate of drug-likeness (QED) is 0.823. The van der Waals surface area contributed by atoms with Gasteiger partial charge < -0.3 is 4.90 Å². The maximum atomic E-state index is 12.5. The molecule has 1 aromatic heterocycles. The minimum absolute atomic E-state index is 0.295. The van der Waals surface area contributed by atoms with E-state index in [1.165, 1.54) is 11.3 Å². The molecule has 2 nitrogen and oxygen atoms in total. The fourth-order valence-corrected chi connectivity index (χ4v) is 4.25. The molecule has 2 aliphatic rings. The lowest BCUT2D eigenvalue weighted by atomic mass is 10.0. The number of amides is 1. The average molecular weight is 284 g/mol. The first-order valence-corrected chi connectivity index (χ1v) is 7.89. The Morgan fingerprint density at radius 3 is 2.67 bits per heavy atom. The molecule has 98 valence electrons.